The van der Waals surface area contributed by atoms with Crippen LogP contribution in [0.1, 0.15) is 0 Å². The number of hydrogen-bond donors (Lipinski definition) is 1. The van der Waals surface area contributed by atoms with Gasteiger partial charge < -0.3 is 0 Å². The molecule has 0 spiro atoms. The summed E-state index contributed by atoms with van der Waals surface area (Å²) in [6.07, 6.45) is 2.01. The molecule has 0 amide bonds. The number of aromatic nitrogens is 3. The molecule has 2 aromatic rings. The summed E-state index contributed by atoms with van der Waals surface area (Å²) in [6.45, 7) is 0. The minimum Gasteiger partial charge on any atom is -0.247 e. The van der Waals surface area contributed by atoms with Gasteiger partial charge in [-0.05, 0) is 18.2 Å². The number of hydrogen-bond acceptors (Lipinski definition) is 6. The lowest BCUT2D eigenvalue weighted by molar-refractivity contribution is 0.567. The Morgan fingerprint density at radius 3 is 2.43 bits per heavy atom. The normalized spacial score (nSPS) is 12.3. The Morgan fingerprint density at radius 2 is 1.90 bits per heavy atom. The van der Waals surface area contributed by atoms with Crippen molar-refractivity contribution in [2.75, 3.05) is 11.0 Å². The van der Waals surface area contributed by atoms with Crippen molar-refractivity contribution in [1.82, 2.24) is 14.8 Å². The number of anilines is 1. The van der Waals surface area contributed by atoms with Gasteiger partial charge in [0.05, 0.1) is 4.90 Å². The van der Waals surface area contributed by atoms with E-state index in [4.69, 9.17) is 0 Å². The number of halogens is 1. The van der Waals surface area contributed by atoms with Gasteiger partial charge in [0.1, 0.15) is 17.0 Å². The molecule has 21 heavy (non-hydrogen) atoms. The maximum Gasteiger partial charge on any atom is 0.267 e. The number of sulfone groups is 1. The molecule has 0 saturated carbocycles. The molecule has 0 bridgehead atoms. The van der Waals surface area contributed by atoms with E-state index in [0.29, 0.717) is 0 Å². The van der Waals surface area contributed by atoms with E-state index in [-0.39, 0.29) is 10.8 Å². The maximum absolute atomic E-state index is 13.7. The second-order valence-corrected chi connectivity index (χ2v) is 7.84. The van der Waals surface area contributed by atoms with Crippen LogP contribution in [0, 0.1) is 5.82 Å². The first-order chi connectivity index (χ1) is 9.61. The minimum absolute atomic E-state index is 0.126. The second kappa shape index (κ2) is 5.07. The van der Waals surface area contributed by atoms with Crippen molar-refractivity contribution in [3.8, 4) is 0 Å². The predicted octanol–water partition coefficient (Wildman–Crippen LogP) is 0.159. The van der Waals surface area contributed by atoms with Crippen LogP contribution >= 0.6 is 0 Å². The van der Waals surface area contributed by atoms with Crippen LogP contribution in [0.3, 0.4) is 0 Å². The first kappa shape index (κ1) is 15.4. The zero-order valence-corrected chi connectivity index (χ0v) is 12.6. The Bertz CT molecular complexity index is 890. The zero-order valence-electron chi connectivity index (χ0n) is 11.0. The van der Waals surface area contributed by atoms with Crippen molar-refractivity contribution in [2.24, 2.45) is 7.05 Å². The average molecular weight is 334 g/mol. The summed E-state index contributed by atoms with van der Waals surface area (Å²) < 4.78 is 64.0. The summed E-state index contributed by atoms with van der Waals surface area (Å²) in [4.78, 5) is 2.56. The molecule has 0 aliphatic heterocycles. The fourth-order valence-corrected chi connectivity index (χ4v) is 3.35. The molecule has 0 unspecified atom stereocenters. The fourth-order valence-electron chi connectivity index (χ4n) is 1.48. The van der Waals surface area contributed by atoms with Crippen LogP contribution in [0.15, 0.2) is 34.3 Å². The largest absolute Gasteiger partial charge is 0.267 e. The van der Waals surface area contributed by atoms with Crippen LogP contribution in [-0.4, -0.2) is 37.9 Å². The molecule has 114 valence electrons. The molecule has 0 aliphatic carbocycles. The van der Waals surface area contributed by atoms with Gasteiger partial charge in [-0.25, -0.2) is 30.6 Å². The molecule has 11 heteroatoms. The Balaban J connectivity index is 2.52. The van der Waals surface area contributed by atoms with E-state index in [1.165, 1.54) is 7.05 Å². The highest BCUT2D eigenvalue weighted by Crippen LogP contribution is 2.21. The lowest BCUT2D eigenvalue weighted by atomic mass is 10.3. The second-order valence-electron chi connectivity index (χ2n) is 4.18. The average Bonchev–Trinajstić information content (AvgIpc) is 2.73. The van der Waals surface area contributed by atoms with E-state index in [9.17, 15) is 21.2 Å². The zero-order chi connectivity index (χ0) is 15.8. The van der Waals surface area contributed by atoms with Crippen LogP contribution in [-0.2, 0) is 26.9 Å². The summed E-state index contributed by atoms with van der Waals surface area (Å²) in [6, 6.07) is 2.52. The van der Waals surface area contributed by atoms with Gasteiger partial charge in [-0.3, -0.25) is 0 Å². The standard InChI is InChI=1S/C10H11FN4O4S2/c1-15-10(12-6-13-15)14-21(18,19)9-5-7(20(2,16)17)3-4-8(9)11/h3-6H,1-2H3,(H,12,13,14). The van der Waals surface area contributed by atoms with Crippen molar-refractivity contribution < 1.29 is 21.2 Å². The molecule has 1 aromatic carbocycles. The predicted molar refractivity (Wildman–Crippen MR) is 71.3 cm³/mol. The molecule has 0 radical (unpaired) electrons. The molecule has 0 atom stereocenters. The van der Waals surface area contributed by atoms with Gasteiger partial charge in [0.2, 0.25) is 5.95 Å². The first-order valence-electron chi connectivity index (χ1n) is 5.48. The Morgan fingerprint density at radius 1 is 1.24 bits per heavy atom. The molecule has 0 aliphatic rings. The van der Waals surface area contributed by atoms with Crippen LogP contribution in [0.25, 0.3) is 0 Å². The van der Waals surface area contributed by atoms with Gasteiger partial charge in [-0.1, -0.05) is 0 Å². The molecule has 1 aromatic heterocycles. The molecular weight excluding hydrogens is 323 g/mol. The smallest absolute Gasteiger partial charge is 0.247 e. The van der Waals surface area contributed by atoms with E-state index in [1.807, 2.05) is 4.72 Å². The van der Waals surface area contributed by atoms with Crippen molar-refractivity contribution in [3.05, 3.63) is 30.3 Å². The van der Waals surface area contributed by atoms with Gasteiger partial charge in [0, 0.05) is 13.3 Å². The monoisotopic (exact) mass is 334 g/mol. The Labute approximate surface area is 120 Å². The van der Waals surface area contributed by atoms with E-state index in [2.05, 4.69) is 10.1 Å². The molecular formula is C10H11FN4O4S2. The minimum atomic E-state index is -4.33. The molecule has 0 fully saturated rings. The highest BCUT2D eigenvalue weighted by Gasteiger charge is 2.23. The molecule has 1 N–H and O–H groups in total. The summed E-state index contributed by atoms with van der Waals surface area (Å²) in [5.74, 6) is -1.20. The maximum atomic E-state index is 13.7. The van der Waals surface area contributed by atoms with Crippen molar-refractivity contribution in [3.63, 3.8) is 0 Å². The van der Waals surface area contributed by atoms with Crippen LogP contribution < -0.4 is 4.72 Å². The summed E-state index contributed by atoms with van der Waals surface area (Å²) in [5, 5.41) is 3.66. The lowest BCUT2D eigenvalue weighted by Crippen LogP contribution is -2.18. The van der Waals surface area contributed by atoms with E-state index >= 15 is 0 Å². The van der Waals surface area contributed by atoms with Crippen LogP contribution in [0.4, 0.5) is 10.3 Å². The van der Waals surface area contributed by atoms with E-state index in [1.54, 1.807) is 0 Å². The number of benzene rings is 1. The third-order valence-electron chi connectivity index (χ3n) is 2.56. The highest BCUT2D eigenvalue weighted by atomic mass is 32.2. The third kappa shape index (κ3) is 3.19. The topological polar surface area (TPSA) is 111 Å². The van der Waals surface area contributed by atoms with Gasteiger partial charge in [0.15, 0.2) is 9.84 Å². The first-order valence-corrected chi connectivity index (χ1v) is 8.85. The van der Waals surface area contributed by atoms with Gasteiger partial charge in [-0.15, -0.1) is 0 Å². The van der Waals surface area contributed by atoms with Gasteiger partial charge >= 0.3 is 0 Å². The number of nitrogens with one attached hydrogen (secondary N) is 1. The highest BCUT2D eigenvalue weighted by molar-refractivity contribution is 7.93. The van der Waals surface area contributed by atoms with Gasteiger partial charge in [-0.2, -0.15) is 10.1 Å². The quantitative estimate of drug-likeness (QED) is 0.797. The number of nitrogens with zero attached hydrogens (tertiary/aromatic N) is 3. The SMILES string of the molecule is Cn1ncnc1NS(=O)(=O)c1cc(S(C)(=O)=O)ccc1F. The summed E-state index contributed by atoms with van der Waals surface area (Å²) >= 11 is 0. The molecule has 2 rings (SSSR count). The molecule has 8 nitrogen and oxygen atoms in total. The lowest BCUT2D eigenvalue weighted by Gasteiger charge is -2.09. The summed E-state index contributed by atoms with van der Waals surface area (Å²) in [5.41, 5.74) is 0. The molecule has 1 heterocycles. The van der Waals surface area contributed by atoms with E-state index < -0.39 is 30.6 Å². The third-order valence-corrected chi connectivity index (χ3v) is 5.01. The molecule has 0 saturated heterocycles. The van der Waals surface area contributed by atoms with Crippen LogP contribution in [0.2, 0.25) is 0 Å². The van der Waals surface area contributed by atoms with Crippen LogP contribution in [0.5, 0.6) is 0 Å². The Hall–Kier alpha value is -2.01. The number of rotatable bonds is 4. The number of sulfonamides is 1. The number of aryl methyl sites for hydroxylation is 1. The van der Waals surface area contributed by atoms with Crippen molar-refractivity contribution in [2.45, 2.75) is 9.79 Å². The van der Waals surface area contributed by atoms with Crippen molar-refractivity contribution >= 4 is 25.8 Å². The Kier molecular flexibility index (Phi) is 3.72. The van der Waals surface area contributed by atoms with E-state index in [0.717, 1.165) is 35.5 Å². The van der Waals surface area contributed by atoms with Crippen molar-refractivity contribution in [1.29, 1.82) is 0 Å². The van der Waals surface area contributed by atoms with Gasteiger partial charge in [0.25, 0.3) is 10.0 Å². The summed E-state index contributed by atoms with van der Waals surface area (Å²) in [7, 11) is -6.56. The fraction of sp³-hybridized carbons (Fsp3) is 0.200.